The van der Waals surface area contributed by atoms with Crippen LogP contribution in [0.4, 0.5) is 0 Å². The molecule has 2 nitrogen and oxygen atoms in total. The molecule has 0 fully saturated rings. The summed E-state index contributed by atoms with van der Waals surface area (Å²) in [6, 6.07) is 17.2. The predicted octanol–water partition coefficient (Wildman–Crippen LogP) is 3.51. The van der Waals surface area contributed by atoms with E-state index in [0.717, 1.165) is 16.7 Å². The van der Waals surface area contributed by atoms with Crippen LogP contribution >= 0.6 is 11.6 Å². The first-order chi connectivity index (χ1) is 8.74. The van der Waals surface area contributed by atoms with Crippen molar-refractivity contribution in [3.63, 3.8) is 0 Å². The Morgan fingerprint density at radius 3 is 2.33 bits per heavy atom. The van der Waals surface area contributed by atoms with Crippen molar-refractivity contribution >= 4 is 17.8 Å². The molecule has 18 heavy (non-hydrogen) atoms. The Morgan fingerprint density at radius 2 is 1.67 bits per heavy atom. The van der Waals surface area contributed by atoms with Crippen LogP contribution < -0.4 is 0 Å². The van der Waals surface area contributed by atoms with Crippen molar-refractivity contribution in [1.82, 2.24) is 0 Å². The molecule has 2 rings (SSSR count). The van der Waals surface area contributed by atoms with E-state index in [1.54, 1.807) is 18.3 Å². The normalized spacial score (nSPS) is 11.5. The molecule has 2 aromatic carbocycles. The van der Waals surface area contributed by atoms with Crippen LogP contribution in [0.2, 0.25) is 5.02 Å². The highest BCUT2D eigenvalue weighted by molar-refractivity contribution is 6.30. The van der Waals surface area contributed by atoms with E-state index >= 15 is 0 Å². The molecule has 0 aromatic heterocycles. The van der Waals surface area contributed by atoms with Crippen molar-refractivity contribution in [3.8, 4) is 0 Å². The highest BCUT2D eigenvalue weighted by Gasteiger charge is 1.98. The quantitative estimate of drug-likeness (QED) is 0.357. The molecule has 0 unspecified atom stereocenters. The molecule has 0 saturated heterocycles. The molecule has 0 bridgehead atoms. The summed E-state index contributed by atoms with van der Waals surface area (Å²) in [6.07, 6.45) is 2.33. The lowest BCUT2D eigenvalue weighted by molar-refractivity contribution is -0.451. The van der Waals surface area contributed by atoms with Gasteiger partial charge in [-0.15, -0.1) is 0 Å². The maximum atomic E-state index is 11.7. The monoisotopic (exact) mass is 259 g/mol. The third-order valence-electron chi connectivity index (χ3n) is 2.63. The summed E-state index contributed by atoms with van der Waals surface area (Å²) >= 11 is 5.78. The summed E-state index contributed by atoms with van der Waals surface area (Å²) in [6.45, 7) is 0.451. The highest BCUT2D eigenvalue weighted by Crippen LogP contribution is 2.08. The Balaban J connectivity index is 1.95. The van der Waals surface area contributed by atoms with Gasteiger partial charge in [0.15, 0.2) is 12.8 Å². The van der Waals surface area contributed by atoms with Gasteiger partial charge in [-0.3, -0.25) is 0 Å². The van der Waals surface area contributed by atoms with Crippen LogP contribution in [0, 0.1) is 5.21 Å². The fourth-order valence-electron chi connectivity index (χ4n) is 1.66. The SMILES string of the molecule is [O-]/[N+](=C\c1ccc(Cl)cc1)CCc1ccccc1. The second-order valence-corrected chi connectivity index (χ2v) is 4.49. The Labute approximate surface area is 112 Å². The Kier molecular flexibility index (Phi) is 4.37. The van der Waals surface area contributed by atoms with E-state index < -0.39 is 0 Å². The van der Waals surface area contributed by atoms with Gasteiger partial charge >= 0.3 is 0 Å². The smallest absolute Gasteiger partial charge is 0.181 e. The minimum absolute atomic E-state index is 0.451. The van der Waals surface area contributed by atoms with E-state index in [1.807, 2.05) is 42.5 Å². The van der Waals surface area contributed by atoms with Gasteiger partial charge in [0.2, 0.25) is 0 Å². The molecular weight excluding hydrogens is 246 g/mol. The van der Waals surface area contributed by atoms with Crippen LogP contribution in [0.5, 0.6) is 0 Å². The van der Waals surface area contributed by atoms with E-state index in [-0.39, 0.29) is 0 Å². The summed E-state index contributed by atoms with van der Waals surface area (Å²) < 4.78 is 0.955. The molecule has 0 saturated carbocycles. The molecule has 3 heteroatoms. The third-order valence-corrected chi connectivity index (χ3v) is 2.88. The first-order valence-corrected chi connectivity index (χ1v) is 6.20. The van der Waals surface area contributed by atoms with Crippen molar-refractivity contribution in [3.05, 3.63) is 76.0 Å². The molecule has 0 spiro atoms. The summed E-state index contributed by atoms with van der Waals surface area (Å²) in [5.41, 5.74) is 2.03. The number of benzene rings is 2. The minimum Gasteiger partial charge on any atom is -0.624 e. The van der Waals surface area contributed by atoms with Gasteiger partial charge in [-0.05, 0) is 29.8 Å². The van der Waals surface area contributed by atoms with Gasteiger partial charge in [-0.2, -0.15) is 0 Å². The van der Waals surface area contributed by atoms with Gasteiger partial charge in [0.25, 0.3) is 0 Å². The van der Waals surface area contributed by atoms with Crippen molar-refractivity contribution in [2.45, 2.75) is 6.42 Å². The largest absolute Gasteiger partial charge is 0.624 e. The fraction of sp³-hybridized carbons (Fsp3) is 0.133. The number of hydrogen-bond donors (Lipinski definition) is 0. The van der Waals surface area contributed by atoms with Crippen LogP contribution in [-0.4, -0.2) is 17.5 Å². The van der Waals surface area contributed by atoms with Gasteiger partial charge in [0.05, 0.1) is 0 Å². The molecule has 92 valence electrons. The van der Waals surface area contributed by atoms with Gasteiger partial charge in [0.1, 0.15) is 0 Å². The van der Waals surface area contributed by atoms with Crippen LogP contribution in [0.15, 0.2) is 54.6 Å². The number of hydrogen-bond acceptors (Lipinski definition) is 1. The Morgan fingerprint density at radius 1 is 1.00 bits per heavy atom. The van der Waals surface area contributed by atoms with E-state index in [9.17, 15) is 5.21 Å². The van der Waals surface area contributed by atoms with Gasteiger partial charge in [-0.1, -0.05) is 41.9 Å². The number of nitrogens with zero attached hydrogens (tertiary/aromatic N) is 1. The molecule has 0 aliphatic rings. The lowest BCUT2D eigenvalue weighted by Gasteiger charge is -2.04. The molecule has 0 amide bonds. The highest BCUT2D eigenvalue weighted by atomic mass is 35.5. The van der Waals surface area contributed by atoms with Crippen molar-refractivity contribution in [2.75, 3.05) is 6.54 Å². The van der Waals surface area contributed by atoms with Gasteiger partial charge in [-0.25, -0.2) is 4.74 Å². The lowest BCUT2D eigenvalue weighted by atomic mass is 10.1. The molecule has 2 aromatic rings. The van der Waals surface area contributed by atoms with Gasteiger partial charge in [0, 0.05) is 17.0 Å². The first-order valence-electron chi connectivity index (χ1n) is 5.82. The average Bonchev–Trinajstić information content (AvgIpc) is 2.40. The summed E-state index contributed by atoms with van der Waals surface area (Å²) in [7, 11) is 0. The number of hydroxylamine groups is 1. The average molecular weight is 260 g/mol. The molecule has 0 aliphatic heterocycles. The zero-order valence-electron chi connectivity index (χ0n) is 9.92. The molecule has 0 radical (unpaired) electrons. The summed E-state index contributed by atoms with van der Waals surface area (Å²) in [4.78, 5) is 0. The Bertz CT molecular complexity index is 520. The standard InChI is InChI=1S/C15H14ClNO/c16-15-8-6-14(7-9-15)12-17(18)11-10-13-4-2-1-3-5-13/h1-9,12H,10-11H2/b17-12-. The molecular formula is C15H14ClNO. The summed E-state index contributed by atoms with van der Waals surface area (Å²) in [5.74, 6) is 0. The lowest BCUT2D eigenvalue weighted by Crippen LogP contribution is -2.10. The second-order valence-electron chi connectivity index (χ2n) is 4.06. The molecule has 0 N–H and O–H groups in total. The van der Waals surface area contributed by atoms with Crippen molar-refractivity contribution in [2.24, 2.45) is 0 Å². The van der Waals surface area contributed by atoms with E-state index in [1.165, 1.54) is 5.56 Å². The zero-order valence-corrected chi connectivity index (χ0v) is 10.7. The van der Waals surface area contributed by atoms with Crippen LogP contribution in [0.25, 0.3) is 0 Å². The van der Waals surface area contributed by atoms with Crippen LogP contribution in [-0.2, 0) is 6.42 Å². The second kappa shape index (κ2) is 6.22. The van der Waals surface area contributed by atoms with E-state index in [4.69, 9.17) is 11.6 Å². The fourth-order valence-corrected chi connectivity index (χ4v) is 1.79. The maximum Gasteiger partial charge on any atom is 0.181 e. The number of halogens is 1. The van der Waals surface area contributed by atoms with E-state index in [0.29, 0.717) is 11.6 Å². The zero-order chi connectivity index (χ0) is 12.8. The minimum atomic E-state index is 0.451. The van der Waals surface area contributed by atoms with E-state index in [2.05, 4.69) is 0 Å². The number of rotatable bonds is 4. The topological polar surface area (TPSA) is 26.1 Å². The molecule has 0 atom stereocenters. The first kappa shape index (κ1) is 12.7. The molecule has 0 aliphatic carbocycles. The maximum absolute atomic E-state index is 11.7. The van der Waals surface area contributed by atoms with Crippen molar-refractivity contribution in [1.29, 1.82) is 0 Å². The third kappa shape index (κ3) is 3.90. The Hall–Kier alpha value is -1.80. The van der Waals surface area contributed by atoms with Crippen LogP contribution in [0.1, 0.15) is 11.1 Å². The van der Waals surface area contributed by atoms with Crippen molar-refractivity contribution < 1.29 is 4.74 Å². The summed E-state index contributed by atoms with van der Waals surface area (Å²) in [5, 5.41) is 12.4. The predicted molar refractivity (Wildman–Crippen MR) is 75.3 cm³/mol. The molecule has 0 heterocycles. The van der Waals surface area contributed by atoms with Gasteiger partial charge < -0.3 is 5.21 Å². The van der Waals surface area contributed by atoms with Crippen LogP contribution in [0.3, 0.4) is 0 Å².